The number of anilines is 1. The summed E-state index contributed by atoms with van der Waals surface area (Å²) < 4.78 is 4.93. The summed E-state index contributed by atoms with van der Waals surface area (Å²) in [5.41, 5.74) is 6.24. The van der Waals surface area contributed by atoms with Gasteiger partial charge >= 0.3 is 5.97 Å². The Morgan fingerprint density at radius 3 is 2.94 bits per heavy atom. The molecule has 2 N–H and O–H groups in total. The van der Waals surface area contributed by atoms with Crippen LogP contribution in [0.4, 0.5) is 5.69 Å². The van der Waals surface area contributed by atoms with Crippen molar-refractivity contribution in [2.24, 2.45) is 0 Å². The van der Waals surface area contributed by atoms with E-state index in [1.165, 1.54) is 22.7 Å². The van der Waals surface area contributed by atoms with Crippen LogP contribution in [0.3, 0.4) is 0 Å². The van der Waals surface area contributed by atoms with Crippen molar-refractivity contribution in [2.45, 2.75) is 6.92 Å². The van der Waals surface area contributed by atoms with E-state index in [1.807, 2.05) is 11.4 Å². The fraction of sp³-hybridized carbons (Fsp3) is 0.182. The van der Waals surface area contributed by atoms with Gasteiger partial charge < -0.3 is 10.5 Å². The number of hydrogen-bond acceptors (Lipinski definition) is 5. The Labute approximate surface area is 112 Å². The minimum absolute atomic E-state index is 0.339. The third kappa shape index (κ3) is 2.46. The molecule has 0 saturated heterocycles. The number of nitrogen functional groups attached to an aromatic ring is 1. The summed E-state index contributed by atoms with van der Waals surface area (Å²) in [5, 5.41) is 2.57. The molecule has 0 radical (unpaired) electrons. The lowest BCUT2D eigenvalue weighted by Crippen LogP contribution is -2.04. The van der Waals surface area contributed by atoms with Gasteiger partial charge in [-0.05, 0) is 24.4 Å². The quantitative estimate of drug-likeness (QED) is 0.871. The zero-order chi connectivity index (χ0) is 12.4. The fourth-order valence-electron chi connectivity index (χ4n) is 1.34. The second-order valence-electron chi connectivity index (χ2n) is 3.21. The molecule has 2 rings (SSSR count). The van der Waals surface area contributed by atoms with Crippen molar-refractivity contribution in [3.63, 3.8) is 0 Å². The highest BCUT2D eigenvalue weighted by molar-refractivity contribution is 7.23. The van der Waals surface area contributed by atoms with E-state index in [1.54, 1.807) is 13.0 Å². The van der Waals surface area contributed by atoms with Crippen molar-refractivity contribution in [2.75, 3.05) is 12.3 Å². The predicted molar refractivity (Wildman–Crippen MR) is 73.0 cm³/mol. The van der Waals surface area contributed by atoms with Crippen molar-refractivity contribution in [1.29, 1.82) is 0 Å². The monoisotopic (exact) mass is 287 g/mol. The third-order valence-corrected chi connectivity index (χ3v) is 4.71. The number of esters is 1. The van der Waals surface area contributed by atoms with Crippen molar-refractivity contribution >= 4 is 45.9 Å². The number of rotatable bonds is 3. The highest BCUT2D eigenvalue weighted by Crippen LogP contribution is 2.40. The van der Waals surface area contributed by atoms with Gasteiger partial charge in [-0.1, -0.05) is 11.6 Å². The van der Waals surface area contributed by atoms with Gasteiger partial charge in [0.05, 0.1) is 22.2 Å². The van der Waals surface area contributed by atoms with E-state index < -0.39 is 0 Å². The van der Waals surface area contributed by atoms with Crippen molar-refractivity contribution in [3.05, 3.63) is 27.4 Å². The molecule has 17 heavy (non-hydrogen) atoms. The van der Waals surface area contributed by atoms with E-state index in [0.29, 0.717) is 22.2 Å². The Morgan fingerprint density at radius 2 is 2.35 bits per heavy atom. The minimum atomic E-state index is -0.381. The normalized spacial score (nSPS) is 10.5. The average Bonchev–Trinajstić information content (AvgIpc) is 2.84. The molecule has 0 amide bonds. The predicted octanol–water partition coefficient (Wildman–Crippen LogP) is 3.89. The first-order valence-electron chi connectivity index (χ1n) is 4.93. The molecule has 0 saturated carbocycles. The molecular formula is C11H10ClNO2S2. The lowest BCUT2D eigenvalue weighted by Gasteiger charge is -1.98. The zero-order valence-electron chi connectivity index (χ0n) is 9.03. The summed E-state index contributed by atoms with van der Waals surface area (Å²) in [6, 6.07) is 3.58. The molecule has 3 nitrogen and oxygen atoms in total. The molecule has 0 aliphatic rings. The van der Waals surface area contributed by atoms with Crippen LogP contribution in [0.25, 0.3) is 9.75 Å². The molecule has 0 aliphatic carbocycles. The van der Waals surface area contributed by atoms with Gasteiger partial charge in [0, 0.05) is 4.88 Å². The lowest BCUT2D eigenvalue weighted by molar-refractivity contribution is 0.0533. The first-order chi connectivity index (χ1) is 8.13. The van der Waals surface area contributed by atoms with Crippen molar-refractivity contribution in [3.8, 4) is 9.75 Å². The molecule has 0 fully saturated rings. The Hall–Kier alpha value is -1.04. The van der Waals surface area contributed by atoms with E-state index in [4.69, 9.17) is 22.1 Å². The lowest BCUT2D eigenvalue weighted by atomic mass is 10.3. The standard InChI is InChI=1S/C11H10ClNO2S2/c1-2-15-11(14)10-7(13)5-8(17-10)9-6(12)3-4-16-9/h3-5H,2,13H2,1H3. The molecule has 2 aromatic rings. The number of halogens is 1. The van der Waals surface area contributed by atoms with Gasteiger partial charge in [0.15, 0.2) is 0 Å². The molecule has 0 aliphatic heterocycles. The maximum Gasteiger partial charge on any atom is 0.350 e. The smallest absolute Gasteiger partial charge is 0.350 e. The number of carbonyl (C=O) groups is 1. The maximum absolute atomic E-state index is 11.6. The summed E-state index contributed by atoms with van der Waals surface area (Å²) in [5.74, 6) is -0.381. The molecule has 0 unspecified atom stereocenters. The molecule has 0 atom stereocenters. The molecule has 0 bridgehead atoms. The van der Waals surface area contributed by atoms with E-state index in [9.17, 15) is 4.79 Å². The number of nitrogens with two attached hydrogens (primary N) is 1. The van der Waals surface area contributed by atoms with E-state index >= 15 is 0 Å². The Bertz CT molecular complexity index is 547. The van der Waals surface area contributed by atoms with E-state index in [-0.39, 0.29) is 5.97 Å². The summed E-state index contributed by atoms with van der Waals surface area (Å²) >= 11 is 8.86. The fourth-order valence-corrected chi connectivity index (χ4v) is 3.66. The van der Waals surface area contributed by atoms with Crippen LogP contribution < -0.4 is 5.73 Å². The highest BCUT2D eigenvalue weighted by Gasteiger charge is 2.17. The van der Waals surface area contributed by atoms with Gasteiger partial charge in [0.2, 0.25) is 0 Å². The molecule has 0 spiro atoms. The topological polar surface area (TPSA) is 52.3 Å². The summed E-state index contributed by atoms with van der Waals surface area (Å²) in [6.45, 7) is 2.10. The summed E-state index contributed by atoms with van der Waals surface area (Å²) in [7, 11) is 0. The summed E-state index contributed by atoms with van der Waals surface area (Å²) in [4.78, 5) is 13.9. The largest absolute Gasteiger partial charge is 0.462 e. The van der Waals surface area contributed by atoms with Crippen LogP contribution in [0.15, 0.2) is 17.5 Å². The molecule has 2 aromatic heterocycles. The van der Waals surface area contributed by atoms with Crippen molar-refractivity contribution in [1.82, 2.24) is 0 Å². The van der Waals surface area contributed by atoms with Crippen LogP contribution in [0.2, 0.25) is 5.02 Å². The van der Waals surface area contributed by atoms with Gasteiger partial charge in [-0.15, -0.1) is 22.7 Å². The van der Waals surface area contributed by atoms with E-state index in [2.05, 4.69) is 0 Å². The van der Waals surface area contributed by atoms with Crippen molar-refractivity contribution < 1.29 is 9.53 Å². The third-order valence-electron chi connectivity index (χ3n) is 2.06. The minimum Gasteiger partial charge on any atom is -0.462 e. The molecule has 6 heteroatoms. The second-order valence-corrected chi connectivity index (χ2v) is 5.59. The van der Waals surface area contributed by atoms with Crippen LogP contribution in [-0.2, 0) is 4.74 Å². The molecule has 0 aromatic carbocycles. The number of thiophene rings is 2. The molecule has 2 heterocycles. The number of hydrogen-bond donors (Lipinski definition) is 1. The van der Waals surface area contributed by atoms with Gasteiger partial charge in [-0.3, -0.25) is 0 Å². The Balaban J connectivity index is 2.37. The number of carbonyl (C=O) groups excluding carboxylic acids is 1. The van der Waals surface area contributed by atoms with E-state index in [0.717, 1.165) is 9.75 Å². The van der Waals surface area contributed by atoms with Crippen LogP contribution in [0.5, 0.6) is 0 Å². The summed E-state index contributed by atoms with van der Waals surface area (Å²) in [6.07, 6.45) is 0. The molecule has 90 valence electrons. The zero-order valence-corrected chi connectivity index (χ0v) is 11.4. The molecular weight excluding hydrogens is 278 g/mol. The average molecular weight is 288 g/mol. The maximum atomic E-state index is 11.6. The Morgan fingerprint density at radius 1 is 1.59 bits per heavy atom. The second kappa shape index (κ2) is 5.08. The van der Waals surface area contributed by atoms with Gasteiger partial charge in [-0.25, -0.2) is 4.79 Å². The SMILES string of the molecule is CCOC(=O)c1sc(-c2sccc2Cl)cc1N. The van der Waals surface area contributed by atoms with Crippen LogP contribution in [0, 0.1) is 0 Å². The van der Waals surface area contributed by atoms with Crippen LogP contribution >= 0.6 is 34.3 Å². The highest BCUT2D eigenvalue weighted by atomic mass is 35.5. The van der Waals surface area contributed by atoms with Gasteiger partial charge in [0.25, 0.3) is 0 Å². The first-order valence-corrected chi connectivity index (χ1v) is 7.00. The Kier molecular flexibility index (Phi) is 3.71. The number of ether oxygens (including phenoxy) is 1. The van der Waals surface area contributed by atoms with Gasteiger partial charge in [0.1, 0.15) is 4.88 Å². The van der Waals surface area contributed by atoms with Gasteiger partial charge in [-0.2, -0.15) is 0 Å². The van der Waals surface area contributed by atoms with Crippen LogP contribution in [-0.4, -0.2) is 12.6 Å². The van der Waals surface area contributed by atoms with Crippen LogP contribution in [0.1, 0.15) is 16.6 Å². The first kappa shape index (κ1) is 12.4.